The van der Waals surface area contributed by atoms with Crippen LogP contribution in [0, 0.1) is 0 Å². The topological polar surface area (TPSA) is 80.0 Å². The highest BCUT2D eigenvalue weighted by molar-refractivity contribution is 5.31. The summed E-state index contributed by atoms with van der Waals surface area (Å²) in [4.78, 5) is 9.30. The summed E-state index contributed by atoms with van der Waals surface area (Å²) in [5.41, 5.74) is -0.439. The summed E-state index contributed by atoms with van der Waals surface area (Å²) in [7, 11) is 0. The number of aliphatic hydroxyl groups is 1. The first kappa shape index (κ1) is 16.6. The quantitative estimate of drug-likeness (QED) is 0.919. The van der Waals surface area contributed by atoms with Crippen LogP contribution in [0.1, 0.15) is 43.3 Å². The van der Waals surface area contributed by atoms with Gasteiger partial charge in [-0.3, -0.25) is 0 Å². The lowest BCUT2D eigenvalue weighted by Gasteiger charge is -2.31. The van der Waals surface area contributed by atoms with E-state index in [1.807, 2.05) is 0 Å². The van der Waals surface area contributed by atoms with Gasteiger partial charge in [0.2, 0.25) is 5.95 Å². The molecule has 0 amide bonds. The number of piperidine rings is 1. The van der Waals surface area contributed by atoms with Gasteiger partial charge in [0.25, 0.3) is 0 Å². The lowest BCUT2D eigenvalue weighted by molar-refractivity contribution is -0.141. The Balaban J connectivity index is 1.66. The number of nitrogens with zero attached hydrogens (tertiary/aromatic N) is 6. The summed E-state index contributed by atoms with van der Waals surface area (Å²) in [6, 6.07) is 0.954. The molecule has 3 heterocycles. The minimum Gasteiger partial charge on any atom is -0.387 e. The molecular weight excluding hydrogens is 325 g/mol. The molecule has 2 aromatic rings. The molecule has 1 fully saturated rings. The molecule has 24 heavy (non-hydrogen) atoms. The Morgan fingerprint density at radius 1 is 1.29 bits per heavy atom. The smallest absolute Gasteiger partial charge is 0.387 e. The third-order valence-electron chi connectivity index (χ3n) is 4.01. The van der Waals surface area contributed by atoms with Crippen LogP contribution in [0.3, 0.4) is 0 Å². The highest BCUT2D eigenvalue weighted by Crippen LogP contribution is 2.29. The summed E-state index contributed by atoms with van der Waals surface area (Å²) in [6.45, 7) is 2.66. The van der Waals surface area contributed by atoms with Crippen molar-refractivity contribution >= 4 is 5.95 Å². The fourth-order valence-corrected chi connectivity index (χ4v) is 2.65. The van der Waals surface area contributed by atoms with Gasteiger partial charge in [-0.2, -0.15) is 13.2 Å². The zero-order valence-corrected chi connectivity index (χ0v) is 13.0. The molecule has 3 rings (SSSR count). The summed E-state index contributed by atoms with van der Waals surface area (Å²) in [6.07, 6.45) is -0.967. The predicted octanol–water partition coefficient (Wildman–Crippen LogP) is 1.98. The number of aromatic nitrogens is 5. The van der Waals surface area contributed by atoms with E-state index >= 15 is 0 Å². The first-order valence-corrected chi connectivity index (χ1v) is 7.59. The van der Waals surface area contributed by atoms with Gasteiger partial charge in [-0.15, -0.1) is 5.10 Å². The van der Waals surface area contributed by atoms with E-state index in [-0.39, 0.29) is 12.0 Å². The van der Waals surface area contributed by atoms with E-state index in [0.29, 0.717) is 31.6 Å². The largest absolute Gasteiger partial charge is 0.433 e. The van der Waals surface area contributed by atoms with Crippen LogP contribution < -0.4 is 4.90 Å². The standard InChI is InChI=1S/C14H17F3N6O/c1-9(24)11-8-23(21-20-11)10-3-6-22(7-4-10)13-18-5-2-12(19-13)14(15,16)17/h2,5,8-10,24H,3-4,6-7H2,1H3. The van der Waals surface area contributed by atoms with Crippen molar-refractivity contribution in [2.24, 2.45) is 0 Å². The zero-order chi connectivity index (χ0) is 17.3. The molecule has 1 atom stereocenters. The van der Waals surface area contributed by atoms with Gasteiger partial charge in [0.05, 0.1) is 18.3 Å². The third kappa shape index (κ3) is 3.48. The Kier molecular flexibility index (Phi) is 4.39. The molecule has 2 aromatic heterocycles. The maximum atomic E-state index is 12.7. The SMILES string of the molecule is CC(O)c1cn(C2CCN(c3nccc(C(F)(F)F)n3)CC2)nn1. The Hall–Kier alpha value is -2.23. The van der Waals surface area contributed by atoms with E-state index in [1.165, 1.54) is 0 Å². The molecule has 130 valence electrons. The maximum absolute atomic E-state index is 12.7. The molecule has 0 radical (unpaired) electrons. The van der Waals surface area contributed by atoms with E-state index in [4.69, 9.17) is 0 Å². The third-order valence-corrected chi connectivity index (χ3v) is 4.01. The maximum Gasteiger partial charge on any atom is 0.433 e. The monoisotopic (exact) mass is 342 g/mol. The number of hydrogen-bond acceptors (Lipinski definition) is 6. The molecule has 7 nitrogen and oxygen atoms in total. The van der Waals surface area contributed by atoms with Crippen molar-refractivity contribution in [3.8, 4) is 0 Å². The van der Waals surface area contributed by atoms with Crippen molar-refractivity contribution in [3.63, 3.8) is 0 Å². The van der Waals surface area contributed by atoms with E-state index in [9.17, 15) is 18.3 Å². The van der Waals surface area contributed by atoms with Crippen molar-refractivity contribution < 1.29 is 18.3 Å². The second-order valence-electron chi connectivity index (χ2n) is 5.76. The normalized spacial score (nSPS) is 18.0. The van der Waals surface area contributed by atoms with Crippen LogP contribution in [-0.2, 0) is 6.18 Å². The first-order chi connectivity index (χ1) is 11.3. The van der Waals surface area contributed by atoms with Crippen LogP contribution in [-0.4, -0.2) is 43.2 Å². The van der Waals surface area contributed by atoms with Crippen molar-refractivity contribution in [1.82, 2.24) is 25.0 Å². The van der Waals surface area contributed by atoms with Crippen molar-refractivity contribution in [3.05, 3.63) is 29.8 Å². The van der Waals surface area contributed by atoms with Gasteiger partial charge in [0.15, 0.2) is 0 Å². The fraction of sp³-hybridized carbons (Fsp3) is 0.571. The number of aliphatic hydroxyl groups excluding tert-OH is 1. The average molecular weight is 342 g/mol. The van der Waals surface area contributed by atoms with Gasteiger partial charge in [-0.1, -0.05) is 5.21 Å². The zero-order valence-electron chi connectivity index (χ0n) is 13.0. The minimum absolute atomic E-state index is 0.0894. The molecule has 1 N–H and O–H groups in total. The summed E-state index contributed by atoms with van der Waals surface area (Å²) >= 11 is 0. The van der Waals surface area contributed by atoms with Crippen LogP contribution >= 0.6 is 0 Å². The summed E-state index contributed by atoms with van der Waals surface area (Å²) < 4.78 is 39.9. The number of anilines is 1. The molecule has 0 aromatic carbocycles. The molecule has 0 aliphatic carbocycles. The van der Waals surface area contributed by atoms with Gasteiger partial charge in [-0.05, 0) is 25.8 Å². The molecule has 1 saturated heterocycles. The molecule has 0 saturated carbocycles. The lowest BCUT2D eigenvalue weighted by atomic mass is 10.1. The predicted molar refractivity (Wildman–Crippen MR) is 78.2 cm³/mol. The van der Waals surface area contributed by atoms with Gasteiger partial charge in [0.1, 0.15) is 11.4 Å². The van der Waals surface area contributed by atoms with Crippen LogP contribution in [0.25, 0.3) is 0 Å². The summed E-state index contributed by atoms with van der Waals surface area (Å²) in [5, 5.41) is 17.4. The first-order valence-electron chi connectivity index (χ1n) is 7.59. The highest BCUT2D eigenvalue weighted by Gasteiger charge is 2.33. The van der Waals surface area contributed by atoms with Crippen LogP contribution in [0.2, 0.25) is 0 Å². The molecule has 0 bridgehead atoms. The Morgan fingerprint density at radius 3 is 2.58 bits per heavy atom. The second kappa shape index (κ2) is 6.34. The average Bonchev–Trinajstić information content (AvgIpc) is 3.05. The molecule has 0 spiro atoms. The molecule has 10 heteroatoms. The Labute approximate surface area is 136 Å². The number of alkyl halides is 3. The van der Waals surface area contributed by atoms with Gasteiger partial charge in [-0.25, -0.2) is 14.6 Å². The molecule has 1 aliphatic heterocycles. The second-order valence-corrected chi connectivity index (χ2v) is 5.76. The van der Waals surface area contributed by atoms with Gasteiger partial charge >= 0.3 is 6.18 Å². The van der Waals surface area contributed by atoms with E-state index in [1.54, 1.807) is 22.7 Å². The van der Waals surface area contributed by atoms with Crippen molar-refractivity contribution in [2.75, 3.05) is 18.0 Å². The molecular formula is C14H17F3N6O. The van der Waals surface area contributed by atoms with Gasteiger partial charge in [0, 0.05) is 19.3 Å². The van der Waals surface area contributed by atoms with Crippen molar-refractivity contribution in [1.29, 1.82) is 0 Å². The van der Waals surface area contributed by atoms with E-state index < -0.39 is 18.0 Å². The number of halogens is 3. The van der Waals surface area contributed by atoms with Crippen molar-refractivity contribution in [2.45, 2.75) is 38.1 Å². The Bertz CT molecular complexity index is 694. The van der Waals surface area contributed by atoms with Crippen LogP contribution in [0.5, 0.6) is 0 Å². The van der Waals surface area contributed by atoms with E-state index in [2.05, 4.69) is 20.3 Å². The number of hydrogen-bond donors (Lipinski definition) is 1. The summed E-state index contributed by atoms with van der Waals surface area (Å²) in [5.74, 6) is 0.0894. The minimum atomic E-state index is -4.48. The van der Waals surface area contributed by atoms with Gasteiger partial charge < -0.3 is 10.0 Å². The fourth-order valence-electron chi connectivity index (χ4n) is 2.65. The molecule has 1 aliphatic rings. The lowest BCUT2D eigenvalue weighted by Crippen LogP contribution is -2.36. The van der Waals surface area contributed by atoms with Crippen LogP contribution in [0.4, 0.5) is 19.1 Å². The molecule has 1 unspecified atom stereocenters. The van der Waals surface area contributed by atoms with Crippen LogP contribution in [0.15, 0.2) is 18.5 Å². The highest BCUT2D eigenvalue weighted by atomic mass is 19.4. The number of rotatable bonds is 3. The van der Waals surface area contributed by atoms with E-state index in [0.717, 1.165) is 12.3 Å². The Morgan fingerprint density at radius 2 is 2.00 bits per heavy atom.